The number of ether oxygens (including phenoxy) is 4. The molecule has 0 aliphatic carbocycles. The number of amides is 1. The quantitative estimate of drug-likeness (QED) is 0.157. The van der Waals surface area contributed by atoms with Crippen LogP contribution in [-0.2, 0) is 16.4 Å². The van der Waals surface area contributed by atoms with E-state index < -0.39 is 9.84 Å². The summed E-state index contributed by atoms with van der Waals surface area (Å²) in [6.45, 7) is 6.79. The fourth-order valence-electron chi connectivity index (χ4n) is 6.71. The Kier molecular flexibility index (Phi) is 12.7. The number of methoxy groups -OCH3 is 4. The van der Waals surface area contributed by atoms with Crippen molar-refractivity contribution in [3.05, 3.63) is 71.8 Å². The maximum Gasteiger partial charge on any atom is 0.253 e. The Morgan fingerprint density at radius 1 is 0.882 bits per heavy atom. The van der Waals surface area contributed by atoms with Crippen LogP contribution in [0.2, 0.25) is 0 Å². The molecule has 1 saturated heterocycles. The Morgan fingerprint density at radius 2 is 1.59 bits per heavy atom. The van der Waals surface area contributed by atoms with Gasteiger partial charge in [0.15, 0.2) is 21.3 Å². The van der Waals surface area contributed by atoms with Crippen molar-refractivity contribution in [3.63, 3.8) is 0 Å². The molecular weight excluding hydrogens is 671 g/mol. The molecule has 1 aliphatic heterocycles. The third-order valence-corrected chi connectivity index (χ3v) is 11.4. The third-order valence-electron chi connectivity index (χ3n) is 9.71. The Labute approximate surface area is 301 Å². The van der Waals surface area contributed by atoms with E-state index in [1.807, 2.05) is 43.4 Å². The maximum absolute atomic E-state index is 13.8. The van der Waals surface area contributed by atoms with Crippen molar-refractivity contribution in [1.29, 1.82) is 0 Å². The van der Waals surface area contributed by atoms with E-state index in [2.05, 4.69) is 26.5 Å². The van der Waals surface area contributed by atoms with Gasteiger partial charge in [0.1, 0.15) is 5.75 Å². The number of aromatic nitrogens is 2. The zero-order valence-electron chi connectivity index (χ0n) is 30.6. The van der Waals surface area contributed by atoms with Crippen LogP contribution in [0.1, 0.15) is 41.6 Å². The molecule has 1 atom stereocenters. The van der Waals surface area contributed by atoms with E-state index in [4.69, 9.17) is 23.9 Å². The van der Waals surface area contributed by atoms with Gasteiger partial charge < -0.3 is 38.2 Å². The molecule has 13 heteroatoms. The van der Waals surface area contributed by atoms with Gasteiger partial charge in [0.2, 0.25) is 11.7 Å². The van der Waals surface area contributed by atoms with Crippen LogP contribution in [0, 0.1) is 0 Å². The lowest BCUT2D eigenvalue weighted by atomic mass is 9.94. The molecule has 276 valence electrons. The third kappa shape index (κ3) is 9.06. The van der Waals surface area contributed by atoms with Gasteiger partial charge in [0.05, 0.1) is 45.2 Å². The number of rotatable bonds is 16. The van der Waals surface area contributed by atoms with Gasteiger partial charge in [-0.3, -0.25) is 4.79 Å². The highest BCUT2D eigenvalue weighted by atomic mass is 32.2. The van der Waals surface area contributed by atoms with Crippen molar-refractivity contribution in [3.8, 4) is 23.0 Å². The van der Waals surface area contributed by atoms with Crippen LogP contribution in [0.5, 0.6) is 23.0 Å². The van der Waals surface area contributed by atoms with Crippen LogP contribution in [0.25, 0.3) is 11.0 Å². The van der Waals surface area contributed by atoms with Gasteiger partial charge in [-0.25, -0.2) is 13.4 Å². The first-order valence-electron chi connectivity index (χ1n) is 17.4. The second-order valence-corrected chi connectivity index (χ2v) is 15.3. The Balaban J connectivity index is 1.30. The molecular formula is C38H51N5O7S. The smallest absolute Gasteiger partial charge is 0.253 e. The number of hydrogen-bond donors (Lipinski definition) is 0. The van der Waals surface area contributed by atoms with Crippen molar-refractivity contribution in [2.24, 2.45) is 0 Å². The molecule has 0 saturated carbocycles. The molecule has 0 radical (unpaired) electrons. The summed E-state index contributed by atoms with van der Waals surface area (Å²) in [7, 11) is 4.95. The highest BCUT2D eigenvalue weighted by Crippen LogP contribution is 2.38. The second-order valence-electron chi connectivity index (χ2n) is 12.8. The molecule has 0 spiro atoms. The minimum atomic E-state index is -3.13. The number of nitrogens with zero attached hydrogens (tertiary/aromatic N) is 5. The summed E-state index contributed by atoms with van der Waals surface area (Å²) in [5.74, 6) is 3.03. The van der Waals surface area contributed by atoms with Gasteiger partial charge >= 0.3 is 0 Å². The summed E-state index contributed by atoms with van der Waals surface area (Å²) in [5, 5.41) is 0. The normalized spacial score (nSPS) is 14.6. The number of imidazole rings is 1. The fraction of sp³-hybridized carbons (Fsp3) is 0.474. The van der Waals surface area contributed by atoms with Gasteiger partial charge in [0, 0.05) is 57.0 Å². The van der Waals surface area contributed by atoms with Crippen molar-refractivity contribution in [2.45, 2.75) is 32.2 Å². The van der Waals surface area contributed by atoms with Crippen molar-refractivity contribution >= 4 is 32.7 Å². The van der Waals surface area contributed by atoms with E-state index in [0.29, 0.717) is 35.9 Å². The maximum atomic E-state index is 13.8. The van der Waals surface area contributed by atoms with Crippen LogP contribution in [-0.4, -0.2) is 120 Å². The molecule has 0 N–H and O–H groups in total. The van der Waals surface area contributed by atoms with E-state index in [1.54, 1.807) is 31.1 Å². The zero-order chi connectivity index (χ0) is 36.5. The molecule has 2 heterocycles. The molecule has 1 fully saturated rings. The lowest BCUT2D eigenvalue weighted by Gasteiger charge is -2.28. The van der Waals surface area contributed by atoms with Gasteiger partial charge in [-0.05, 0) is 67.9 Å². The Bertz CT molecular complexity index is 1850. The number of benzene rings is 3. The molecule has 4 aromatic rings. The molecule has 5 rings (SSSR count). The topological polar surface area (TPSA) is 116 Å². The molecule has 51 heavy (non-hydrogen) atoms. The van der Waals surface area contributed by atoms with Crippen LogP contribution >= 0.6 is 0 Å². The number of anilines is 1. The standard InChI is InChI=1S/C38H51N5O7S/c1-7-51(45,46)24-23-43-33-12-9-8-11-32(33)39-38(43)42-19-10-18-41(21-22-42)20-17-29(28-13-15-31(47-3)16-14-28)27-40(2)37(44)30-25-34(48-4)36(50-6)35(26-30)49-5/h8-9,11-16,25-26,29H,7,10,17-24,27H2,1-6H3. The monoisotopic (exact) mass is 721 g/mol. The van der Waals surface area contributed by atoms with Crippen LogP contribution in [0.3, 0.4) is 0 Å². The van der Waals surface area contributed by atoms with Crippen molar-refractivity contribution < 1.29 is 32.2 Å². The van der Waals surface area contributed by atoms with Gasteiger partial charge in [-0.2, -0.15) is 0 Å². The average Bonchev–Trinajstić information content (AvgIpc) is 3.36. The molecule has 1 aromatic heterocycles. The van der Waals surface area contributed by atoms with E-state index in [9.17, 15) is 13.2 Å². The van der Waals surface area contributed by atoms with Crippen LogP contribution in [0.15, 0.2) is 60.7 Å². The van der Waals surface area contributed by atoms with Gasteiger partial charge in [0.25, 0.3) is 5.91 Å². The molecule has 0 bridgehead atoms. The lowest BCUT2D eigenvalue weighted by Crippen LogP contribution is -2.35. The van der Waals surface area contributed by atoms with Gasteiger partial charge in [-0.1, -0.05) is 31.2 Å². The summed E-state index contributed by atoms with van der Waals surface area (Å²) in [5.41, 5.74) is 3.40. The van der Waals surface area contributed by atoms with E-state index >= 15 is 0 Å². The minimum Gasteiger partial charge on any atom is -0.497 e. The first-order chi connectivity index (χ1) is 24.6. The Hall–Kier alpha value is -4.49. The summed E-state index contributed by atoms with van der Waals surface area (Å²) < 4.78 is 48.8. The van der Waals surface area contributed by atoms with E-state index in [0.717, 1.165) is 73.9 Å². The molecule has 3 aromatic carbocycles. The van der Waals surface area contributed by atoms with Crippen molar-refractivity contribution in [1.82, 2.24) is 19.4 Å². The van der Waals surface area contributed by atoms with Crippen LogP contribution in [0.4, 0.5) is 5.95 Å². The zero-order valence-corrected chi connectivity index (χ0v) is 31.4. The molecule has 1 unspecified atom stereocenters. The molecule has 1 amide bonds. The number of aryl methyl sites for hydroxylation is 1. The largest absolute Gasteiger partial charge is 0.497 e. The summed E-state index contributed by atoms with van der Waals surface area (Å²) in [6.07, 6.45) is 1.79. The number of para-hydroxylation sites is 2. The summed E-state index contributed by atoms with van der Waals surface area (Å²) in [6, 6.07) is 19.4. The summed E-state index contributed by atoms with van der Waals surface area (Å²) in [4.78, 5) is 25.3. The Morgan fingerprint density at radius 3 is 2.24 bits per heavy atom. The lowest BCUT2D eigenvalue weighted by molar-refractivity contribution is 0.0782. The SMILES string of the molecule is CCS(=O)(=O)CCn1c(N2CCCN(CCC(CN(C)C(=O)c3cc(OC)c(OC)c(OC)c3)c3ccc(OC)cc3)CC2)nc2ccccc21. The first-order valence-corrected chi connectivity index (χ1v) is 19.3. The number of hydrogen-bond acceptors (Lipinski definition) is 10. The highest BCUT2D eigenvalue weighted by molar-refractivity contribution is 7.91. The van der Waals surface area contributed by atoms with Gasteiger partial charge in [-0.15, -0.1) is 0 Å². The van der Waals surface area contributed by atoms with E-state index in [-0.39, 0.29) is 23.3 Å². The number of sulfone groups is 1. The molecule has 1 aliphatic rings. The van der Waals surface area contributed by atoms with Crippen molar-refractivity contribution in [2.75, 3.05) is 91.2 Å². The first kappa shape index (κ1) is 37.8. The number of fused-ring (bicyclic) bond motifs is 1. The predicted octanol–water partition coefficient (Wildman–Crippen LogP) is 4.96. The minimum absolute atomic E-state index is 0.0657. The highest BCUT2D eigenvalue weighted by Gasteiger charge is 2.25. The van der Waals surface area contributed by atoms with E-state index in [1.165, 1.54) is 21.3 Å². The summed E-state index contributed by atoms with van der Waals surface area (Å²) >= 11 is 0. The molecule has 12 nitrogen and oxygen atoms in total. The second kappa shape index (κ2) is 17.1. The fourth-order valence-corrected chi connectivity index (χ4v) is 7.46. The number of carbonyl (C=O) groups is 1. The number of carbonyl (C=O) groups excluding carboxylic acids is 1. The predicted molar refractivity (Wildman–Crippen MR) is 201 cm³/mol. The number of likely N-dealkylation sites (N-methyl/N-ethyl adjacent to an activating group) is 1. The average molecular weight is 722 g/mol. The van der Waals surface area contributed by atoms with Crippen LogP contribution < -0.4 is 23.8 Å².